The molecule has 2 saturated heterocycles. The first-order valence-corrected chi connectivity index (χ1v) is 9.30. The maximum atomic E-state index is 12.1. The molecule has 2 N–H and O–H groups in total. The van der Waals surface area contributed by atoms with Gasteiger partial charge in [-0.15, -0.1) is 0 Å². The van der Waals surface area contributed by atoms with E-state index in [4.69, 9.17) is 0 Å². The number of nitrogens with zero attached hydrogens (tertiary/aromatic N) is 2. The highest BCUT2D eigenvalue weighted by molar-refractivity contribution is 5.75. The summed E-state index contributed by atoms with van der Waals surface area (Å²) >= 11 is 0. The van der Waals surface area contributed by atoms with E-state index in [1.54, 1.807) is 14.1 Å². The molecule has 0 aliphatic carbocycles. The molecule has 2 fully saturated rings. The highest BCUT2D eigenvalue weighted by Crippen LogP contribution is 2.40. The number of hydrogen-bond donors (Lipinski definition) is 2. The highest BCUT2D eigenvalue weighted by atomic mass is 16.2. The molecule has 0 aromatic heterocycles. The lowest BCUT2D eigenvalue weighted by atomic mass is 9.72. The topological polar surface area (TPSA) is 64.7 Å². The van der Waals surface area contributed by atoms with Crippen LogP contribution in [0.4, 0.5) is 9.59 Å². The summed E-state index contributed by atoms with van der Waals surface area (Å²) in [6.45, 7) is 8.63. The van der Waals surface area contributed by atoms with Crippen LogP contribution in [0.15, 0.2) is 0 Å². The molecule has 2 aliphatic heterocycles. The van der Waals surface area contributed by atoms with E-state index >= 15 is 0 Å². The van der Waals surface area contributed by atoms with Crippen LogP contribution in [0.3, 0.4) is 0 Å². The second-order valence-electron chi connectivity index (χ2n) is 7.78. The van der Waals surface area contributed by atoms with Crippen LogP contribution in [0.5, 0.6) is 0 Å². The molecule has 6 heteroatoms. The minimum atomic E-state index is 0.0321. The van der Waals surface area contributed by atoms with Crippen molar-refractivity contribution in [3.63, 3.8) is 0 Å². The van der Waals surface area contributed by atoms with E-state index < -0.39 is 0 Å². The summed E-state index contributed by atoms with van der Waals surface area (Å²) in [7, 11) is 3.40. The summed E-state index contributed by atoms with van der Waals surface area (Å²) in [6.07, 6.45) is 4.23. The van der Waals surface area contributed by atoms with Crippen LogP contribution in [0.2, 0.25) is 0 Å². The first kappa shape index (κ1) is 18.9. The van der Waals surface area contributed by atoms with Crippen molar-refractivity contribution in [2.75, 3.05) is 14.1 Å². The number of amides is 4. The third-order valence-corrected chi connectivity index (χ3v) is 6.04. The fourth-order valence-electron chi connectivity index (χ4n) is 5.10. The second kappa shape index (κ2) is 7.62. The number of carbonyl (C=O) groups excluding carboxylic acids is 2. The highest BCUT2D eigenvalue weighted by Gasteiger charge is 2.41. The van der Waals surface area contributed by atoms with Crippen molar-refractivity contribution in [1.29, 1.82) is 0 Å². The maximum Gasteiger partial charge on any atom is 0.317 e. The minimum absolute atomic E-state index is 0.0321. The SMILES string of the molecule is CNC(=O)N1C(C)CC(C2CC(C)N(C(=O)NC)C(C)C2)CC1C. The molecular formula is C18H34N4O2. The first-order valence-electron chi connectivity index (χ1n) is 9.30. The van der Waals surface area contributed by atoms with Crippen LogP contribution in [0.25, 0.3) is 0 Å². The van der Waals surface area contributed by atoms with Gasteiger partial charge in [-0.1, -0.05) is 0 Å². The van der Waals surface area contributed by atoms with E-state index in [1.165, 1.54) is 0 Å². The Morgan fingerprint density at radius 3 is 1.12 bits per heavy atom. The monoisotopic (exact) mass is 338 g/mol. The summed E-state index contributed by atoms with van der Waals surface area (Å²) in [4.78, 5) is 28.2. The molecule has 0 spiro atoms. The lowest BCUT2D eigenvalue weighted by Gasteiger charge is -2.49. The Morgan fingerprint density at radius 1 is 0.667 bits per heavy atom. The zero-order valence-corrected chi connectivity index (χ0v) is 16.0. The largest absolute Gasteiger partial charge is 0.341 e. The van der Waals surface area contributed by atoms with Crippen molar-refractivity contribution >= 4 is 12.1 Å². The summed E-state index contributed by atoms with van der Waals surface area (Å²) in [5, 5.41) is 5.53. The maximum absolute atomic E-state index is 12.1. The molecule has 24 heavy (non-hydrogen) atoms. The van der Waals surface area contributed by atoms with Crippen LogP contribution >= 0.6 is 0 Å². The lowest BCUT2D eigenvalue weighted by Crippen LogP contribution is -2.56. The summed E-state index contributed by atoms with van der Waals surface area (Å²) in [5.74, 6) is 1.26. The predicted octanol–water partition coefficient (Wildman–Crippen LogP) is 2.64. The van der Waals surface area contributed by atoms with Gasteiger partial charge in [0.15, 0.2) is 0 Å². The van der Waals surface area contributed by atoms with Gasteiger partial charge >= 0.3 is 12.1 Å². The average molecular weight is 338 g/mol. The van der Waals surface area contributed by atoms with Gasteiger partial charge in [-0.3, -0.25) is 0 Å². The standard InChI is InChI=1S/C18H34N4O2/c1-11-7-15(8-12(2)21(11)17(23)19-5)16-9-13(3)22(14(4)10-16)18(24)20-6/h11-16H,7-10H2,1-6H3,(H,19,23)(H,20,24). The third-order valence-electron chi connectivity index (χ3n) is 6.04. The van der Waals surface area contributed by atoms with Gasteiger partial charge < -0.3 is 20.4 Å². The van der Waals surface area contributed by atoms with Crippen molar-refractivity contribution in [3.05, 3.63) is 0 Å². The van der Waals surface area contributed by atoms with E-state index in [1.807, 2.05) is 9.80 Å². The van der Waals surface area contributed by atoms with Gasteiger partial charge in [0.25, 0.3) is 0 Å². The number of nitrogens with one attached hydrogen (secondary N) is 2. The second-order valence-corrected chi connectivity index (χ2v) is 7.78. The van der Waals surface area contributed by atoms with Crippen molar-refractivity contribution in [1.82, 2.24) is 20.4 Å². The molecule has 138 valence electrons. The van der Waals surface area contributed by atoms with Crippen LogP contribution in [0, 0.1) is 11.8 Å². The first-order chi connectivity index (χ1) is 11.3. The molecule has 4 amide bonds. The summed E-state index contributed by atoms with van der Waals surface area (Å²) in [6, 6.07) is 1.12. The molecule has 2 heterocycles. The zero-order valence-electron chi connectivity index (χ0n) is 16.0. The zero-order chi connectivity index (χ0) is 18.0. The van der Waals surface area contributed by atoms with E-state index in [2.05, 4.69) is 38.3 Å². The Morgan fingerprint density at radius 2 is 0.917 bits per heavy atom. The smallest absolute Gasteiger partial charge is 0.317 e. The summed E-state index contributed by atoms with van der Waals surface area (Å²) < 4.78 is 0. The molecule has 0 radical (unpaired) electrons. The van der Waals surface area contributed by atoms with Crippen molar-refractivity contribution < 1.29 is 9.59 Å². The predicted molar refractivity (Wildman–Crippen MR) is 95.9 cm³/mol. The van der Waals surface area contributed by atoms with Crippen molar-refractivity contribution in [3.8, 4) is 0 Å². The molecule has 0 aromatic rings. The number of rotatable bonds is 1. The normalized spacial score (nSPS) is 37.1. The Hall–Kier alpha value is -1.46. The van der Waals surface area contributed by atoms with Gasteiger partial charge in [0.05, 0.1) is 0 Å². The molecule has 0 bridgehead atoms. The summed E-state index contributed by atoms with van der Waals surface area (Å²) in [5.41, 5.74) is 0. The fraction of sp³-hybridized carbons (Fsp3) is 0.889. The van der Waals surface area contributed by atoms with E-state index in [0.29, 0.717) is 11.8 Å². The van der Waals surface area contributed by atoms with Gasteiger partial charge in [0.2, 0.25) is 0 Å². The minimum Gasteiger partial charge on any atom is -0.341 e. The van der Waals surface area contributed by atoms with Crippen LogP contribution in [-0.4, -0.2) is 60.1 Å². The number of carbonyl (C=O) groups is 2. The number of likely N-dealkylation sites (tertiary alicyclic amines) is 2. The Kier molecular flexibility index (Phi) is 5.99. The molecule has 2 rings (SSSR count). The Labute approximate surface area is 146 Å². The van der Waals surface area contributed by atoms with Gasteiger partial charge in [-0.2, -0.15) is 0 Å². The number of hydrogen-bond acceptors (Lipinski definition) is 2. The van der Waals surface area contributed by atoms with Gasteiger partial charge in [-0.25, -0.2) is 9.59 Å². The molecule has 2 aliphatic rings. The Balaban J connectivity index is 2.04. The fourth-order valence-corrected chi connectivity index (χ4v) is 5.10. The van der Waals surface area contributed by atoms with Gasteiger partial charge in [0, 0.05) is 38.3 Å². The van der Waals surface area contributed by atoms with E-state index in [-0.39, 0.29) is 36.2 Å². The molecule has 4 unspecified atom stereocenters. The number of piperidine rings is 2. The average Bonchev–Trinajstić information content (AvgIpc) is 2.52. The van der Waals surface area contributed by atoms with Crippen LogP contribution < -0.4 is 10.6 Å². The molecule has 4 atom stereocenters. The van der Waals surface area contributed by atoms with E-state index in [0.717, 1.165) is 25.7 Å². The van der Waals surface area contributed by atoms with E-state index in [9.17, 15) is 9.59 Å². The van der Waals surface area contributed by atoms with Crippen LogP contribution in [0.1, 0.15) is 53.4 Å². The van der Waals surface area contributed by atoms with Crippen LogP contribution in [-0.2, 0) is 0 Å². The third kappa shape index (κ3) is 3.62. The number of urea groups is 2. The lowest BCUT2D eigenvalue weighted by molar-refractivity contribution is 0.0287. The molecule has 6 nitrogen and oxygen atoms in total. The molecule has 0 aromatic carbocycles. The quantitative estimate of drug-likeness (QED) is 0.772. The molecular weight excluding hydrogens is 304 g/mol. The van der Waals surface area contributed by atoms with Gasteiger partial charge in [0.1, 0.15) is 0 Å². The Bertz CT molecular complexity index is 404. The van der Waals surface area contributed by atoms with Crippen molar-refractivity contribution in [2.45, 2.75) is 77.5 Å². The van der Waals surface area contributed by atoms with Crippen molar-refractivity contribution in [2.24, 2.45) is 11.8 Å². The van der Waals surface area contributed by atoms with Gasteiger partial charge in [-0.05, 0) is 65.2 Å². The molecule has 0 saturated carbocycles.